The summed E-state index contributed by atoms with van der Waals surface area (Å²) in [5, 5.41) is 11.4. The highest BCUT2D eigenvalue weighted by Crippen LogP contribution is 2.50. The number of hydrogen-bond acceptors (Lipinski definition) is 5. The summed E-state index contributed by atoms with van der Waals surface area (Å²) in [6, 6.07) is 9.58. The van der Waals surface area contributed by atoms with Crippen molar-refractivity contribution >= 4 is 12.0 Å². The molecule has 1 unspecified atom stereocenters. The summed E-state index contributed by atoms with van der Waals surface area (Å²) in [7, 11) is 1.69. The van der Waals surface area contributed by atoms with E-state index in [4.69, 9.17) is 15.6 Å². The van der Waals surface area contributed by atoms with Crippen molar-refractivity contribution in [2.75, 3.05) is 7.05 Å². The van der Waals surface area contributed by atoms with Gasteiger partial charge in [0.05, 0.1) is 5.54 Å². The predicted molar refractivity (Wildman–Crippen MR) is 93.2 cm³/mol. The number of aliphatic hydroxyl groups is 1. The van der Waals surface area contributed by atoms with Crippen molar-refractivity contribution in [2.45, 2.75) is 51.1 Å². The van der Waals surface area contributed by atoms with Crippen LogP contribution in [0.3, 0.4) is 0 Å². The molecule has 7 nitrogen and oxygen atoms in total. The molecule has 0 bridgehead atoms. The number of hydrogen-bond donors (Lipinski definition) is 3. The summed E-state index contributed by atoms with van der Waals surface area (Å²) in [6.07, 6.45) is -0.951. The maximum Gasteiger partial charge on any atom is 0.410 e. The Labute approximate surface area is 148 Å². The molecule has 138 valence electrons. The third kappa shape index (κ3) is 4.29. The Bertz CT molecular complexity index is 619. The largest absolute Gasteiger partial charge is 0.444 e. The van der Waals surface area contributed by atoms with Crippen molar-refractivity contribution in [3.05, 3.63) is 35.9 Å². The van der Waals surface area contributed by atoms with E-state index in [0.717, 1.165) is 5.56 Å². The first kappa shape index (κ1) is 19.2. The number of rotatable bonds is 4. The quantitative estimate of drug-likeness (QED) is 0.715. The number of nitrogens with zero attached hydrogens (tertiary/aromatic N) is 1. The van der Waals surface area contributed by atoms with E-state index in [-0.39, 0.29) is 11.8 Å². The summed E-state index contributed by atoms with van der Waals surface area (Å²) >= 11 is 0. The Morgan fingerprint density at radius 2 is 1.88 bits per heavy atom. The van der Waals surface area contributed by atoms with E-state index in [9.17, 15) is 9.59 Å². The molecule has 7 heteroatoms. The third-order valence-electron chi connectivity index (χ3n) is 4.45. The van der Waals surface area contributed by atoms with Crippen LogP contribution >= 0.6 is 0 Å². The minimum absolute atomic E-state index is 0.320. The molecule has 1 aromatic carbocycles. The fourth-order valence-corrected chi connectivity index (χ4v) is 3.16. The monoisotopic (exact) mass is 349 g/mol. The van der Waals surface area contributed by atoms with Crippen LogP contribution in [-0.4, -0.2) is 41.0 Å². The lowest BCUT2D eigenvalue weighted by atomic mass is 9.63. The van der Waals surface area contributed by atoms with Crippen molar-refractivity contribution in [1.29, 1.82) is 0 Å². The molecule has 1 fully saturated rings. The van der Waals surface area contributed by atoms with Crippen LogP contribution in [0.25, 0.3) is 0 Å². The van der Waals surface area contributed by atoms with E-state index in [1.165, 1.54) is 0 Å². The van der Waals surface area contributed by atoms with Gasteiger partial charge >= 0.3 is 6.09 Å². The van der Waals surface area contributed by atoms with Crippen molar-refractivity contribution in [3.8, 4) is 0 Å². The number of aliphatic hydroxyl groups excluding tert-OH is 1. The second kappa shape index (κ2) is 7.01. The smallest absolute Gasteiger partial charge is 0.410 e. The van der Waals surface area contributed by atoms with Gasteiger partial charge < -0.3 is 20.1 Å². The fourth-order valence-electron chi connectivity index (χ4n) is 3.16. The van der Waals surface area contributed by atoms with Crippen molar-refractivity contribution < 1.29 is 19.4 Å². The minimum Gasteiger partial charge on any atom is -0.444 e. The molecule has 1 aliphatic carbocycles. The molecule has 2 amide bonds. The second-order valence-corrected chi connectivity index (χ2v) is 7.50. The van der Waals surface area contributed by atoms with Crippen molar-refractivity contribution in [1.82, 2.24) is 10.2 Å². The van der Waals surface area contributed by atoms with Gasteiger partial charge in [-0.3, -0.25) is 10.5 Å². The van der Waals surface area contributed by atoms with Gasteiger partial charge in [0.15, 0.2) is 6.35 Å². The Kier molecular flexibility index (Phi) is 5.39. The van der Waals surface area contributed by atoms with Gasteiger partial charge in [-0.25, -0.2) is 4.79 Å². The predicted octanol–water partition coefficient (Wildman–Crippen LogP) is 1.51. The van der Waals surface area contributed by atoms with Crippen LogP contribution in [0.15, 0.2) is 30.3 Å². The zero-order valence-corrected chi connectivity index (χ0v) is 15.2. The van der Waals surface area contributed by atoms with Gasteiger partial charge in [0, 0.05) is 13.0 Å². The van der Waals surface area contributed by atoms with Gasteiger partial charge in [0.1, 0.15) is 5.60 Å². The SMILES string of the molecule is CN(C(=O)OC(C)(C)C)C1(c2ccccc2)CC(C(=O)NC(N)O)C1. The first-order valence-corrected chi connectivity index (χ1v) is 8.31. The van der Waals surface area contributed by atoms with Crippen LogP contribution < -0.4 is 11.1 Å². The number of nitrogens with one attached hydrogen (secondary N) is 1. The lowest BCUT2D eigenvalue weighted by Crippen LogP contribution is -2.60. The highest BCUT2D eigenvalue weighted by Gasteiger charge is 2.53. The third-order valence-corrected chi connectivity index (χ3v) is 4.45. The number of nitrogens with two attached hydrogens (primary N) is 1. The molecular weight excluding hydrogens is 322 g/mol. The van der Waals surface area contributed by atoms with E-state index < -0.39 is 23.6 Å². The Hall–Kier alpha value is -2.12. The summed E-state index contributed by atoms with van der Waals surface area (Å²) in [4.78, 5) is 26.2. The van der Waals surface area contributed by atoms with Crippen LogP contribution in [-0.2, 0) is 15.1 Å². The molecule has 4 N–H and O–H groups in total. The molecule has 1 aromatic rings. The van der Waals surface area contributed by atoms with Crippen LogP contribution in [0.1, 0.15) is 39.2 Å². The molecule has 0 radical (unpaired) electrons. The van der Waals surface area contributed by atoms with Crippen LogP contribution in [0.5, 0.6) is 0 Å². The maximum absolute atomic E-state index is 12.6. The summed E-state index contributed by atoms with van der Waals surface area (Å²) in [5.74, 6) is -0.651. The van der Waals surface area contributed by atoms with Gasteiger partial charge in [-0.2, -0.15) is 0 Å². The zero-order valence-electron chi connectivity index (χ0n) is 15.2. The van der Waals surface area contributed by atoms with Gasteiger partial charge in [-0.05, 0) is 39.2 Å². The molecule has 1 saturated carbocycles. The summed E-state index contributed by atoms with van der Waals surface area (Å²) in [5.41, 5.74) is 4.93. The molecule has 25 heavy (non-hydrogen) atoms. The molecule has 2 rings (SSSR count). The summed E-state index contributed by atoms with van der Waals surface area (Å²) in [6.45, 7) is 5.44. The summed E-state index contributed by atoms with van der Waals surface area (Å²) < 4.78 is 5.49. The molecule has 0 spiro atoms. The number of benzene rings is 1. The molecule has 0 aliphatic heterocycles. The highest BCUT2D eigenvalue weighted by atomic mass is 16.6. The minimum atomic E-state index is -1.39. The molecule has 0 saturated heterocycles. The van der Waals surface area contributed by atoms with E-state index in [0.29, 0.717) is 12.8 Å². The first-order valence-electron chi connectivity index (χ1n) is 8.31. The van der Waals surface area contributed by atoms with E-state index >= 15 is 0 Å². The van der Waals surface area contributed by atoms with Crippen LogP contribution in [0.2, 0.25) is 0 Å². The van der Waals surface area contributed by atoms with E-state index in [2.05, 4.69) is 5.32 Å². The van der Waals surface area contributed by atoms with E-state index in [1.54, 1.807) is 11.9 Å². The lowest BCUT2D eigenvalue weighted by molar-refractivity contribution is -0.137. The number of carbonyl (C=O) groups is 2. The standard InChI is InChI=1S/C18H27N3O4/c1-17(2,3)25-16(24)21(4)18(13-8-6-5-7-9-13)10-12(11-18)14(22)20-15(19)23/h5-9,12,15,23H,10-11,19H2,1-4H3,(H,20,22). The molecule has 0 aromatic heterocycles. The lowest BCUT2D eigenvalue weighted by Gasteiger charge is -2.52. The zero-order chi connectivity index (χ0) is 18.8. The Morgan fingerprint density at radius 3 is 2.36 bits per heavy atom. The number of amides is 2. The number of carbonyl (C=O) groups excluding carboxylic acids is 2. The Morgan fingerprint density at radius 1 is 1.32 bits per heavy atom. The first-order chi connectivity index (χ1) is 11.5. The fraction of sp³-hybridized carbons (Fsp3) is 0.556. The van der Waals surface area contributed by atoms with Gasteiger partial charge in [0.2, 0.25) is 5.91 Å². The van der Waals surface area contributed by atoms with Gasteiger partial charge in [-0.1, -0.05) is 30.3 Å². The van der Waals surface area contributed by atoms with Crippen molar-refractivity contribution in [2.24, 2.45) is 11.7 Å². The normalized spacial score (nSPS) is 24.0. The van der Waals surface area contributed by atoms with Gasteiger partial charge in [0.25, 0.3) is 0 Å². The highest BCUT2D eigenvalue weighted by molar-refractivity contribution is 5.81. The van der Waals surface area contributed by atoms with Crippen molar-refractivity contribution in [3.63, 3.8) is 0 Å². The van der Waals surface area contributed by atoms with Gasteiger partial charge in [-0.15, -0.1) is 0 Å². The van der Waals surface area contributed by atoms with Crippen LogP contribution in [0, 0.1) is 5.92 Å². The topological polar surface area (TPSA) is 105 Å². The average Bonchev–Trinajstić information content (AvgIpc) is 2.44. The molecule has 1 atom stereocenters. The molecule has 0 heterocycles. The molecular formula is C18H27N3O4. The Balaban J connectivity index is 2.22. The second-order valence-electron chi connectivity index (χ2n) is 7.50. The number of ether oxygens (including phenoxy) is 1. The molecule has 1 aliphatic rings. The average molecular weight is 349 g/mol. The van der Waals surface area contributed by atoms with Crippen LogP contribution in [0.4, 0.5) is 4.79 Å². The maximum atomic E-state index is 12.6. The van der Waals surface area contributed by atoms with E-state index in [1.807, 2.05) is 51.1 Å².